The summed E-state index contributed by atoms with van der Waals surface area (Å²) in [6.45, 7) is 1.85. The van der Waals surface area contributed by atoms with Gasteiger partial charge in [-0.2, -0.15) is 0 Å². The third-order valence-corrected chi connectivity index (χ3v) is 6.27. The van der Waals surface area contributed by atoms with Gasteiger partial charge < -0.3 is 15.0 Å². The van der Waals surface area contributed by atoms with Crippen molar-refractivity contribution in [1.82, 2.24) is 4.98 Å². The molecule has 0 spiro atoms. The van der Waals surface area contributed by atoms with Crippen molar-refractivity contribution in [3.8, 4) is 5.75 Å². The first-order chi connectivity index (χ1) is 13.7. The molecule has 3 N–H and O–H groups in total. The number of ether oxygens (including phenoxy) is 1. The SMILES string of the molecule is COc1ccc(NC(=O)c2cc(Cl)c[nH]2)cc1S(=O)(=O)Nc1cc(C)ccc1Br. The second kappa shape index (κ2) is 8.48. The molecule has 1 aromatic heterocycles. The van der Waals surface area contributed by atoms with Gasteiger partial charge in [0, 0.05) is 16.4 Å². The van der Waals surface area contributed by atoms with Crippen molar-refractivity contribution in [2.24, 2.45) is 0 Å². The molecule has 0 aliphatic rings. The molecular formula is C19H17BrClN3O4S. The van der Waals surface area contributed by atoms with Gasteiger partial charge in [0.1, 0.15) is 16.3 Å². The first-order valence-corrected chi connectivity index (χ1v) is 11.0. The minimum absolute atomic E-state index is 0.115. The third kappa shape index (κ3) is 4.92. The largest absolute Gasteiger partial charge is 0.495 e. The number of carbonyl (C=O) groups is 1. The van der Waals surface area contributed by atoms with E-state index < -0.39 is 15.9 Å². The summed E-state index contributed by atoms with van der Waals surface area (Å²) in [5.74, 6) is -0.318. The van der Waals surface area contributed by atoms with Crippen molar-refractivity contribution in [3.63, 3.8) is 0 Å². The van der Waals surface area contributed by atoms with Crippen LogP contribution in [0.4, 0.5) is 11.4 Å². The predicted molar refractivity (Wildman–Crippen MR) is 116 cm³/mol. The molecule has 0 unspecified atom stereocenters. The Morgan fingerprint density at radius 3 is 2.59 bits per heavy atom. The molecule has 0 radical (unpaired) electrons. The molecule has 0 fully saturated rings. The van der Waals surface area contributed by atoms with E-state index in [-0.39, 0.29) is 22.0 Å². The Hall–Kier alpha value is -2.49. The second-order valence-electron chi connectivity index (χ2n) is 6.14. The number of methoxy groups -OCH3 is 1. The first-order valence-electron chi connectivity index (χ1n) is 8.32. The molecule has 3 aromatic rings. The van der Waals surface area contributed by atoms with E-state index in [1.165, 1.54) is 31.5 Å². The molecule has 0 aliphatic heterocycles. The van der Waals surface area contributed by atoms with E-state index in [0.29, 0.717) is 15.2 Å². The highest BCUT2D eigenvalue weighted by Crippen LogP contribution is 2.31. The van der Waals surface area contributed by atoms with Gasteiger partial charge >= 0.3 is 0 Å². The van der Waals surface area contributed by atoms with Crippen LogP contribution in [-0.4, -0.2) is 26.4 Å². The topological polar surface area (TPSA) is 100 Å². The summed E-state index contributed by atoms with van der Waals surface area (Å²) in [6, 6.07) is 11.1. The summed E-state index contributed by atoms with van der Waals surface area (Å²) in [4.78, 5) is 14.9. The Kier molecular flexibility index (Phi) is 6.21. The molecule has 0 saturated heterocycles. The van der Waals surface area contributed by atoms with Gasteiger partial charge in [-0.05, 0) is 64.8 Å². The quantitative estimate of drug-likeness (QED) is 0.454. The van der Waals surface area contributed by atoms with Crippen LogP contribution < -0.4 is 14.8 Å². The Morgan fingerprint density at radius 2 is 1.93 bits per heavy atom. The number of amides is 1. The zero-order valence-corrected chi connectivity index (χ0v) is 18.6. The van der Waals surface area contributed by atoms with Crippen LogP contribution in [-0.2, 0) is 10.0 Å². The van der Waals surface area contributed by atoms with Gasteiger partial charge in [0.15, 0.2) is 0 Å². The highest BCUT2D eigenvalue weighted by atomic mass is 79.9. The fourth-order valence-corrected chi connectivity index (χ4v) is 4.49. The van der Waals surface area contributed by atoms with Gasteiger partial charge in [0.25, 0.3) is 15.9 Å². The molecule has 29 heavy (non-hydrogen) atoms. The molecular weight excluding hydrogens is 482 g/mol. The first kappa shape index (κ1) is 21.2. The lowest BCUT2D eigenvalue weighted by molar-refractivity contribution is 0.102. The van der Waals surface area contributed by atoms with E-state index >= 15 is 0 Å². The minimum Gasteiger partial charge on any atom is -0.495 e. The number of aromatic amines is 1. The monoisotopic (exact) mass is 497 g/mol. The highest BCUT2D eigenvalue weighted by Gasteiger charge is 2.22. The van der Waals surface area contributed by atoms with Gasteiger partial charge in [0.05, 0.1) is 17.8 Å². The zero-order valence-electron chi connectivity index (χ0n) is 15.4. The lowest BCUT2D eigenvalue weighted by Gasteiger charge is -2.14. The number of hydrogen-bond acceptors (Lipinski definition) is 4. The number of nitrogens with one attached hydrogen (secondary N) is 3. The van der Waals surface area contributed by atoms with E-state index in [1.54, 1.807) is 18.2 Å². The average Bonchev–Trinajstić information content (AvgIpc) is 3.11. The number of sulfonamides is 1. The zero-order chi connectivity index (χ0) is 21.2. The van der Waals surface area contributed by atoms with Crippen LogP contribution in [0.5, 0.6) is 5.75 Å². The summed E-state index contributed by atoms with van der Waals surface area (Å²) < 4.78 is 34.4. The van der Waals surface area contributed by atoms with E-state index in [1.807, 2.05) is 13.0 Å². The Balaban J connectivity index is 1.93. The number of halogens is 2. The molecule has 10 heteroatoms. The molecule has 7 nitrogen and oxygen atoms in total. The van der Waals surface area contributed by atoms with E-state index in [9.17, 15) is 13.2 Å². The van der Waals surface area contributed by atoms with E-state index in [2.05, 4.69) is 31.0 Å². The van der Waals surface area contributed by atoms with Crippen molar-refractivity contribution in [2.75, 3.05) is 17.1 Å². The maximum absolute atomic E-state index is 13.0. The predicted octanol–water partition coefficient (Wildman–Crippen LogP) is 4.80. The number of benzene rings is 2. The molecule has 1 heterocycles. The molecule has 2 aromatic carbocycles. The minimum atomic E-state index is -4.00. The molecule has 152 valence electrons. The summed E-state index contributed by atoms with van der Waals surface area (Å²) >= 11 is 9.15. The molecule has 0 atom stereocenters. The van der Waals surface area contributed by atoms with Crippen molar-refractivity contribution >= 4 is 54.8 Å². The van der Waals surface area contributed by atoms with Crippen LogP contribution in [0, 0.1) is 6.92 Å². The van der Waals surface area contributed by atoms with Crippen LogP contribution in [0.1, 0.15) is 16.1 Å². The van der Waals surface area contributed by atoms with Gasteiger partial charge in [0.2, 0.25) is 0 Å². The van der Waals surface area contributed by atoms with E-state index in [4.69, 9.17) is 16.3 Å². The summed E-state index contributed by atoms with van der Waals surface area (Å²) in [7, 11) is -2.63. The molecule has 1 amide bonds. The summed E-state index contributed by atoms with van der Waals surface area (Å²) in [6.07, 6.45) is 1.48. The number of H-pyrrole nitrogens is 1. The maximum atomic E-state index is 13.0. The smallest absolute Gasteiger partial charge is 0.272 e. The normalized spacial score (nSPS) is 11.2. The summed E-state index contributed by atoms with van der Waals surface area (Å²) in [5, 5.41) is 3.02. The lowest BCUT2D eigenvalue weighted by Crippen LogP contribution is -2.16. The molecule has 0 saturated carbocycles. The Labute approximate surface area is 181 Å². The molecule has 0 bridgehead atoms. The van der Waals surface area contributed by atoms with Crippen molar-refractivity contribution in [1.29, 1.82) is 0 Å². The van der Waals surface area contributed by atoms with Gasteiger partial charge in [-0.15, -0.1) is 0 Å². The molecule has 3 rings (SSSR count). The number of rotatable bonds is 6. The highest BCUT2D eigenvalue weighted by molar-refractivity contribution is 9.10. The number of aryl methyl sites for hydroxylation is 1. The number of hydrogen-bond donors (Lipinski definition) is 3. The number of aromatic nitrogens is 1. The van der Waals surface area contributed by atoms with Crippen molar-refractivity contribution < 1.29 is 17.9 Å². The van der Waals surface area contributed by atoms with Gasteiger partial charge in [-0.25, -0.2) is 8.42 Å². The van der Waals surface area contributed by atoms with Crippen LogP contribution in [0.2, 0.25) is 5.02 Å². The number of carbonyl (C=O) groups excluding carboxylic acids is 1. The average molecular weight is 499 g/mol. The Morgan fingerprint density at radius 1 is 1.17 bits per heavy atom. The van der Waals surface area contributed by atoms with Crippen LogP contribution in [0.15, 0.2) is 58.0 Å². The van der Waals surface area contributed by atoms with E-state index in [0.717, 1.165) is 5.56 Å². The van der Waals surface area contributed by atoms with Crippen LogP contribution in [0.25, 0.3) is 0 Å². The molecule has 0 aliphatic carbocycles. The van der Waals surface area contributed by atoms with Gasteiger partial charge in [-0.1, -0.05) is 17.7 Å². The number of anilines is 2. The Bertz CT molecular complexity index is 1180. The summed E-state index contributed by atoms with van der Waals surface area (Å²) in [5.41, 5.74) is 1.81. The fraction of sp³-hybridized carbons (Fsp3) is 0.105. The standard InChI is InChI=1S/C19H17BrClN3O4S/c1-11-3-5-14(20)15(7-11)24-29(26,27)18-9-13(4-6-17(18)28-2)23-19(25)16-8-12(21)10-22-16/h3-10,22,24H,1-2H3,(H,23,25). The van der Waals surface area contributed by atoms with Crippen molar-refractivity contribution in [2.45, 2.75) is 11.8 Å². The van der Waals surface area contributed by atoms with Crippen molar-refractivity contribution in [3.05, 3.63) is 69.4 Å². The maximum Gasteiger partial charge on any atom is 0.272 e. The second-order valence-corrected chi connectivity index (χ2v) is 9.08. The fourth-order valence-electron chi connectivity index (χ4n) is 2.58. The van der Waals surface area contributed by atoms with Crippen LogP contribution in [0.3, 0.4) is 0 Å². The van der Waals surface area contributed by atoms with Gasteiger partial charge in [-0.3, -0.25) is 9.52 Å². The van der Waals surface area contributed by atoms with Crippen LogP contribution >= 0.6 is 27.5 Å². The third-order valence-electron chi connectivity index (χ3n) is 3.97. The lowest BCUT2D eigenvalue weighted by atomic mass is 10.2.